The Morgan fingerprint density at radius 1 is 1.09 bits per heavy atom. The number of rotatable bonds is 4. The second-order valence-corrected chi connectivity index (χ2v) is 11.9. The zero-order valence-corrected chi connectivity index (χ0v) is 19.8. The molecular formula is C26H30F2O4S. The highest BCUT2D eigenvalue weighted by Crippen LogP contribution is 2.65. The lowest BCUT2D eigenvalue weighted by Gasteiger charge is -2.56. The van der Waals surface area contributed by atoms with Crippen LogP contribution < -0.4 is 0 Å². The molecule has 178 valence electrons. The fraction of sp³-hybridized carbons (Fsp3) is 0.577. The van der Waals surface area contributed by atoms with Crippen LogP contribution in [-0.4, -0.2) is 14.2 Å². The van der Waals surface area contributed by atoms with Crippen molar-refractivity contribution in [3.8, 4) is 0 Å². The van der Waals surface area contributed by atoms with Gasteiger partial charge in [0.2, 0.25) is 0 Å². The minimum absolute atomic E-state index is 0.185. The summed E-state index contributed by atoms with van der Waals surface area (Å²) in [6, 6.07) is 5.14. The van der Waals surface area contributed by atoms with Gasteiger partial charge >= 0.3 is 10.5 Å². The summed E-state index contributed by atoms with van der Waals surface area (Å²) in [5.41, 5.74) is 1.24. The van der Waals surface area contributed by atoms with Gasteiger partial charge in [0.25, 0.3) is 0 Å². The monoisotopic (exact) mass is 476 g/mol. The molecule has 4 nitrogen and oxygen atoms in total. The Balaban J connectivity index is 1.55. The first-order chi connectivity index (χ1) is 15.5. The molecule has 0 bridgehead atoms. The highest BCUT2D eigenvalue weighted by molar-refractivity contribution is 7.81. The van der Waals surface area contributed by atoms with Crippen LogP contribution in [0.2, 0.25) is 0 Å². The summed E-state index contributed by atoms with van der Waals surface area (Å²) in [5, 5.41) is 0. The van der Waals surface area contributed by atoms with Gasteiger partial charge in [-0.25, -0.2) is 4.39 Å². The first-order valence-corrected chi connectivity index (χ1v) is 13.2. The maximum atomic E-state index is 13.6. The molecule has 6 atom stereocenters. The maximum Gasteiger partial charge on any atom is 0.488 e. The Hall–Kier alpha value is -2.02. The van der Waals surface area contributed by atoms with Gasteiger partial charge in [0.15, 0.2) is 5.78 Å². The van der Waals surface area contributed by atoms with Gasteiger partial charge in [0.1, 0.15) is 11.6 Å². The zero-order valence-electron chi connectivity index (χ0n) is 19.0. The van der Waals surface area contributed by atoms with Crippen LogP contribution in [0, 0.1) is 40.3 Å². The lowest BCUT2D eigenvalue weighted by molar-refractivity contribution is -0.0238. The molecule has 1 aromatic rings. The van der Waals surface area contributed by atoms with Crippen LogP contribution in [-0.2, 0) is 14.7 Å². The van der Waals surface area contributed by atoms with Crippen LogP contribution >= 0.6 is 0 Å². The maximum absolute atomic E-state index is 13.6. The van der Waals surface area contributed by atoms with Crippen molar-refractivity contribution in [1.82, 2.24) is 0 Å². The molecule has 33 heavy (non-hydrogen) atoms. The number of hydrogen-bond acceptors (Lipinski definition) is 4. The van der Waals surface area contributed by atoms with Crippen LogP contribution in [0.3, 0.4) is 0 Å². The Bertz CT molecular complexity index is 1140. The van der Waals surface area contributed by atoms with Crippen molar-refractivity contribution >= 4 is 16.3 Å². The summed E-state index contributed by atoms with van der Waals surface area (Å²) in [6.07, 6.45) is 11.0. The van der Waals surface area contributed by atoms with Crippen LogP contribution in [0.4, 0.5) is 8.28 Å². The Morgan fingerprint density at radius 2 is 1.82 bits per heavy atom. The first kappa shape index (κ1) is 22.8. The van der Waals surface area contributed by atoms with E-state index in [0.29, 0.717) is 29.6 Å². The Morgan fingerprint density at radius 3 is 2.52 bits per heavy atom. The van der Waals surface area contributed by atoms with Crippen LogP contribution in [0.25, 0.3) is 0 Å². The number of carbonyl (C=O) groups excluding carboxylic acids is 1. The van der Waals surface area contributed by atoms with E-state index >= 15 is 0 Å². The van der Waals surface area contributed by atoms with Gasteiger partial charge in [-0.05, 0) is 103 Å². The normalized spacial score (nSPS) is 37.8. The molecule has 5 rings (SSSR count). The summed E-state index contributed by atoms with van der Waals surface area (Å²) in [7, 11) is -5.29. The topological polar surface area (TPSA) is 60.4 Å². The summed E-state index contributed by atoms with van der Waals surface area (Å²) < 4.78 is 54.4. The van der Waals surface area contributed by atoms with Gasteiger partial charge in [-0.1, -0.05) is 30.2 Å². The molecule has 0 radical (unpaired) electrons. The van der Waals surface area contributed by atoms with Crippen LogP contribution in [0.1, 0.15) is 69.2 Å². The van der Waals surface area contributed by atoms with Gasteiger partial charge in [-0.3, -0.25) is 4.79 Å². The van der Waals surface area contributed by atoms with Gasteiger partial charge < -0.3 is 4.18 Å². The van der Waals surface area contributed by atoms with E-state index in [1.807, 2.05) is 0 Å². The fourth-order valence-electron chi connectivity index (χ4n) is 7.62. The molecule has 1 aromatic carbocycles. The molecule has 0 saturated heterocycles. The van der Waals surface area contributed by atoms with E-state index in [2.05, 4.69) is 19.9 Å². The number of halogens is 2. The number of Topliss-reactive ketones (excluding diaryl/α,β-unsaturated/α-hetero) is 1. The van der Waals surface area contributed by atoms with E-state index in [9.17, 15) is 21.5 Å². The van der Waals surface area contributed by atoms with E-state index in [0.717, 1.165) is 24.8 Å². The number of carbonyl (C=O) groups is 1. The van der Waals surface area contributed by atoms with Crippen LogP contribution in [0.5, 0.6) is 0 Å². The number of ketones is 1. The van der Waals surface area contributed by atoms with Crippen molar-refractivity contribution in [3.05, 3.63) is 59.1 Å². The number of benzene rings is 1. The third-order valence-corrected chi connectivity index (χ3v) is 9.61. The number of fused-ring (bicyclic) bond motifs is 5. The van der Waals surface area contributed by atoms with E-state index in [4.69, 9.17) is 4.18 Å². The molecule has 7 heteroatoms. The van der Waals surface area contributed by atoms with E-state index < -0.39 is 22.2 Å². The SMILES string of the molecule is C[C@@]12CCC[C@H]1[C@@H]1CC=C3C=C(OS(=O)(=O)F)C(C(=O)c4ccc(F)cc4)C[C@]3(C)[C@H]1CC2. The van der Waals surface area contributed by atoms with Crippen molar-refractivity contribution in [2.45, 2.75) is 58.8 Å². The Kier molecular flexibility index (Phi) is 5.35. The third kappa shape index (κ3) is 3.86. The lowest BCUT2D eigenvalue weighted by atomic mass is 9.48. The number of hydrogen-bond donors (Lipinski definition) is 0. The van der Waals surface area contributed by atoms with Crippen molar-refractivity contribution in [2.75, 3.05) is 0 Å². The molecule has 0 aliphatic heterocycles. The molecule has 0 spiro atoms. The molecule has 0 amide bonds. The van der Waals surface area contributed by atoms with E-state index in [1.54, 1.807) is 6.08 Å². The van der Waals surface area contributed by atoms with Crippen molar-refractivity contribution in [1.29, 1.82) is 0 Å². The minimum Gasteiger partial charge on any atom is -0.362 e. The molecule has 1 unspecified atom stereocenters. The van der Waals surface area contributed by atoms with E-state index in [-0.39, 0.29) is 22.5 Å². The van der Waals surface area contributed by atoms with Crippen molar-refractivity contribution in [2.24, 2.45) is 34.5 Å². The molecular weight excluding hydrogens is 446 g/mol. The fourth-order valence-corrected chi connectivity index (χ4v) is 8.01. The van der Waals surface area contributed by atoms with Gasteiger partial charge in [-0.15, -0.1) is 0 Å². The molecule has 4 aliphatic carbocycles. The smallest absolute Gasteiger partial charge is 0.362 e. The molecule has 2 saturated carbocycles. The molecule has 2 fully saturated rings. The second-order valence-electron chi connectivity index (χ2n) is 10.9. The Labute approximate surface area is 194 Å². The largest absolute Gasteiger partial charge is 0.488 e. The van der Waals surface area contributed by atoms with Crippen LogP contribution in [0.15, 0.2) is 47.7 Å². The lowest BCUT2D eigenvalue weighted by Crippen LogP contribution is -2.49. The molecule has 4 aliphatic rings. The highest BCUT2D eigenvalue weighted by Gasteiger charge is 2.57. The minimum atomic E-state index is -5.29. The highest BCUT2D eigenvalue weighted by atomic mass is 32.3. The van der Waals surface area contributed by atoms with Gasteiger partial charge in [0, 0.05) is 5.56 Å². The second kappa shape index (κ2) is 7.76. The third-order valence-electron chi connectivity index (χ3n) is 9.22. The average Bonchev–Trinajstić information content (AvgIpc) is 3.14. The molecule has 0 aromatic heterocycles. The van der Waals surface area contributed by atoms with Crippen molar-refractivity contribution in [3.63, 3.8) is 0 Å². The summed E-state index contributed by atoms with van der Waals surface area (Å²) in [6.45, 7) is 4.58. The quantitative estimate of drug-likeness (QED) is 0.377. The summed E-state index contributed by atoms with van der Waals surface area (Å²) in [4.78, 5) is 13.4. The van der Waals surface area contributed by atoms with Gasteiger partial charge in [-0.2, -0.15) is 8.42 Å². The molecule has 0 N–H and O–H groups in total. The zero-order chi connectivity index (χ0) is 23.6. The number of allylic oxidation sites excluding steroid dienone is 4. The van der Waals surface area contributed by atoms with E-state index in [1.165, 1.54) is 43.5 Å². The summed E-state index contributed by atoms with van der Waals surface area (Å²) in [5.74, 6) is -0.421. The first-order valence-electron chi connectivity index (χ1n) is 11.9. The predicted octanol–water partition coefficient (Wildman–Crippen LogP) is 6.31. The average molecular weight is 477 g/mol. The summed E-state index contributed by atoms with van der Waals surface area (Å²) >= 11 is 0. The standard InChI is InChI=1S/C26H30F2O4S/c1-25-12-3-4-21(25)19-10-7-17-14-23(32-33(28,30)31)20(15-26(17,2)22(19)11-13-25)24(29)16-5-8-18(27)9-6-16/h5-9,14,19-22H,3-4,10-13,15H2,1-2H3/t19-,20?,21-,22-,25-,26-/m0/s1. The van der Waals surface area contributed by atoms with Crippen molar-refractivity contribution < 1.29 is 25.7 Å². The van der Waals surface area contributed by atoms with Gasteiger partial charge in [0.05, 0.1) is 5.92 Å². The predicted molar refractivity (Wildman–Crippen MR) is 121 cm³/mol. The molecule has 0 heterocycles.